The van der Waals surface area contributed by atoms with E-state index in [2.05, 4.69) is 4.98 Å². The number of aromatic nitrogens is 1. The van der Waals surface area contributed by atoms with Gasteiger partial charge in [0.1, 0.15) is 11.4 Å². The van der Waals surface area contributed by atoms with Crippen LogP contribution in [0.2, 0.25) is 0 Å². The third-order valence-electron chi connectivity index (χ3n) is 2.54. The van der Waals surface area contributed by atoms with Crippen molar-refractivity contribution in [3.63, 3.8) is 0 Å². The number of hydrogen-bond donors (Lipinski definition) is 2. The molecule has 1 heterocycles. The van der Waals surface area contributed by atoms with Crippen molar-refractivity contribution in [1.82, 2.24) is 4.98 Å². The number of nitrogens with one attached hydrogen (secondary N) is 1. The number of carbonyl (C=O) groups is 1. The third kappa shape index (κ3) is 1.77. The molecule has 1 amide bonds. The summed E-state index contributed by atoms with van der Waals surface area (Å²) in [5.74, 6) is -1.14. The first-order valence-electron chi connectivity index (χ1n) is 4.92. The topological polar surface area (TPSA) is 68.1 Å². The molecule has 0 fully saturated rings. The predicted molar refractivity (Wildman–Crippen MR) is 58.4 cm³/mol. The molecular weight excluding hydrogens is 249 g/mol. The molecule has 1 aromatic heterocycles. The number of hydrogen-bond acceptors (Lipinski definition) is 2. The molecule has 7 heteroatoms. The van der Waals surface area contributed by atoms with Crippen molar-refractivity contribution in [1.29, 1.82) is 0 Å². The van der Waals surface area contributed by atoms with E-state index in [9.17, 15) is 18.0 Å². The summed E-state index contributed by atoms with van der Waals surface area (Å²) in [6.45, 7) is 0. The van der Waals surface area contributed by atoms with Gasteiger partial charge in [-0.3, -0.25) is 4.79 Å². The molecule has 0 aliphatic heterocycles. The van der Waals surface area contributed by atoms with Crippen LogP contribution in [-0.4, -0.2) is 18.0 Å². The molecule has 0 radical (unpaired) electrons. The fourth-order valence-corrected chi connectivity index (χ4v) is 1.85. The molecule has 0 atom stereocenters. The molecule has 0 saturated heterocycles. The zero-order valence-corrected chi connectivity index (χ0v) is 9.26. The normalized spacial score (nSPS) is 11.8. The maximum Gasteiger partial charge on any atom is 0.419 e. The van der Waals surface area contributed by atoms with Crippen LogP contribution < -0.4 is 10.5 Å². The molecule has 0 unspecified atom stereocenters. The van der Waals surface area contributed by atoms with Gasteiger partial charge in [0.25, 0.3) is 5.91 Å². The molecule has 0 aliphatic carbocycles. The van der Waals surface area contributed by atoms with Gasteiger partial charge in [-0.15, -0.1) is 0 Å². The predicted octanol–water partition coefficient (Wildman–Crippen LogP) is 2.29. The molecule has 2 rings (SSSR count). The van der Waals surface area contributed by atoms with Crippen LogP contribution in [0.15, 0.2) is 18.2 Å². The lowest BCUT2D eigenvalue weighted by atomic mass is 10.1. The first-order valence-corrected chi connectivity index (χ1v) is 4.92. The Labute approximate surface area is 99.5 Å². The van der Waals surface area contributed by atoms with Gasteiger partial charge in [-0.2, -0.15) is 13.2 Å². The van der Waals surface area contributed by atoms with E-state index in [4.69, 9.17) is 10.5 Å². The number of carbonyl (C=O) groups excluding carboxylic acids is 1. The summed E-state index contributed by atoms with van der Waals surface area (Å²) >= 11 is 0. The highest BCUT2D eigenvalue weighted by Crippen LogP contribution is 2.41. The summed E-state index contributed by atoms with van der Waals surface area (Å²) in [7, 11) is 1.26. The van der Waals surface area contributed by atoms with Crippen LogP contribution in [0.25, 0.3) is 10.9 Å². The van der Waals surface area contributed by atoms with Crippen LogP contribution in [0.5, 0.6) is 5.75 Å². The first-order chi connectivity index (χ1) is 8.36. The molecule has 0 bridgehead atoms. The summed E-state index contributed by atoms with van der Waals surface area (Å²) in [5, 5.41) is -0.193. The molecule has 1 aromatic carbocycles. The number of rotatable bonds is 2. The molecule has 96 valence electrons. The number of H-pyrrole nitrogens is 1. The second kappa shape index (κ2) is 3.94. The Hall–Kier alpha value is -2.18. The Bertz CT molecular complexity index is 617. The van der Waals surface area contributed by atoms with Crippen LogP contribution in [0.1, 0.15) is 16.1 Å². The van der Waals surface area contributed by atoms with E-state index in [0.29, 0.717) is 0 Å². The highest BCUT2D eigenvalue weighted by Gasteiger charge is 2.39. The summed E-state index contributed by atoms with van der Waals surface area (Å²) in [5.41, 5.74) is 3.34. The number of benzene rings is 1. The van der Waals surface area contributed by atoms with Gasteiger partial charge in [-0.1, -0.05) is 6.07 Å². The second-order valence-corrected chi connectivity index (χ2v) is 3.62. The summed E-state index contributed by atoms with van der Waals surface area (Å²) in [6.07, 6.45) is -4.70. The highest BCUT2D eigenvalue weighted by atomic mass is 19.4. The van der Waals surface area contributed by atoms with Crippen LogP contribution in [0, 0.1) is 0 Å². The van der Waals surface area contributed by atoms with E-state index < -0.39 is 23.3 Å². The smallest absolute Gasteiger partial charge is 0.419 e. The van der Waals surface area contributed by atoms with Gasteiger partial charge < -0.3 is 15.5 Å². The Balaban J connectivity index is 2.92. The van der Waals surface area contributed by atoms with E-state index in [1.54, 1.807) is 0 Å². The zero-order valence-electron chi connectivity index (χ0n) is 9.26. The SMILES string of the molecule is COc1cccc2[nH]c(C(N)=O)c(C(F)(F)F)c12. The van der Waals surface area contributed by atoms with Crippen molar-refractivity contribution in [2.75, 3.05) is 7.11 Å². The number of primary amides is 1. The molecule has 0 aliphatic rings. The van der Waals surface area contributed by atoms with Gasteiger partial charge >= 0.3 is 6.18 Å². The van der Waals surface area contributed by atoms with E-state index in [1.807, 2.05) is 0 Å². The van der Waals surface area contributed by atoms with Crippen molar-refractivity contribution < 1.29 is 22.7 Å². The standard InChI is InChI=1S/C11H9F3N2O2/c1-18-6-4-2-3-5-7(6)8(11(12,13)14)9(16-5)10(15)17/h2-4,16H,1H3,(H2,15,17). The summed E-state index contributed by atoms with van der Waals surface area (Å²) in [4.78, 5) is 13.5. The summed E-state index contributed by atoms with van der Waals surface area (Å²) in [6, 6.07) is 4.32. The quantitative estimate of drug-likeness (QED) is 0.867. The van der Waals surface area contributed by atoms with Crippen molar-refractivity contribution in [3.05, 3.63) is 29.5 Å². The number of aromatic amines is 1. The van der Waals surface area contributed by atoms with Gasteiger partial charge in [-0.05, 0) is 12.1 Å². The van der Waals surface area contributed by atoms with E-state index >= 15 is 0 Å². The lowest BCUT2D eigenvalue weighted by molar-refractivity contribution is -0.136. The van der Waals surface area contributed by atoms with Crippen LogP contribution in [-0.2, 0) is 6.18 Å². The van der Waals surface area contributed by atoms with Gasteiger partial charge in [0.15, 0.2) is 0 Å². The number of methoxy groups -OCH3 is 1. The average molecular weight is 258 g/mol. The monoisotopic (exact) mass is 258 g/mol. The Morgan fingerprint density at radius 1 is 1.39 bits per heavy atom. The van der Waals surface area contributed by atoms with Crippen molar-refractivity contribution in [3.8, 4) is 5.75 Å². The minimum Gasteiger partial charge on any atom is -0.496 e. The fraction of sp³-hybridized carbons (Fsp3) is 0.182. The van der Waals surface area contributed by atoms with Crippen LogP contribution in [0.4, 0.5) is 13.2 Å². The fourth-order valence-electron chi connectivity index (χ4n) is 1.85. The molecule has 0 spiro atoms. The zero-order chi connectivity index (χ0) is 13.5. The highest BCUT2D eigenvalue weighted by molar-refractivity contribution is 6.02. The minimum atomic E-state index is -4.70. The van der Waals surface area contributed by atoms with E-state index in [1.165, 1.54) is 25.3 Å². The van der Waals surface area contributed by atoms with Crippen LogP contribution >= 0.6 is 0 Å². The van der Waals surface area contributed by atoms with Crippen molar-refractivity contribution in [2.45, 2.75) is 6.18 Å². The first kappa shape index (κ1) is 12.3. The second-order valence-electron chi connectivity index (χ2n) is 3.62. The molecule has 4 nitrogen and oxygen atoms in total. The van der Waals surface area contributed by atoms with Crippen molar-refractivity contribution >= 4 is 16.8 Å². The number of halogens is 3. The lowest BCUT2D eigenvalue weighted by Gasteiger charge is -2.09. The molecule has 2 aromatic rings. The molecular formula is C11H9F3N2O2. The molecule has 3 N–H and O–H groups in total. The number of nitrogens with two attached hydrogens (primary N) is 1. The number of amides is 1. The largest absolute Gasteiger partial charge is 0.496 e. The third-order valence-corrected chi connectivity index (χ3v) is 2.54. The average Bonchev–Trinajstić information content (AvgIpc) is 2.67. The van der Waals surface area contributed by atoms with Gasteiger partial charge in [0, 0.05) is 0 Å². The number of fused-ring (bicyclic) bond motifs is 1. The van der Waals surface area contributed by atoms with Crippen LogP contribution in [0.3, 0.4) is 0 Å². The minimum absolute atomic E-state index is 0.0311. The number of alkyl halides is 3. The molecule has 0 saturated carbocycles. The summed E-state index contributed by atoms with van der Waals surface area (Å²) < 4.78 is 43.9. The molecule has 18 heavy (non-hydrogen) atoms. The Kier molecular flexibility index (Phi) is 2.68. The maximum atomic E-state index is 13.0. The maximum absolute atomic E-state index is 13.0. The van der Waals surface area contributed by atoms with Gasteiger partial charge in [0.05, 0.1) is 23.6 Å². The number of ether oxygens (including phenoxy) is 1. The van der Waals surface area contributed by atoms with E-state index in [-0.39, 0.29) is 16.7 Å². The van der Waals surface area contributed by atoms with Gasteiger partial charge in [0.2, 0.25) is 0 Å². The van der Waals surface area contributed by atoms with Crippen molar-refractivity contribution in [2.24, 2.45) is 5.73 Å². The van der Waals surface area contributed by atoms with E-state index in [0.717, 1.165) is 0 Å². The Morgan fingerprint density at radius 3 is 2.56 bits per heavy atom. The lowest BCUT2D eigenvalue weighted by Crippen LogP contribution is -2.18. The Morgan fingerprint density at radius 2 is 2.06 bits per heavy atom. The van der Waals surface area contributed by atoms with Gasteiger partial charge in [-0.25, -0.2) is 0 Å².